The fourth-order valence-corrected chi connectivity index (χ4v) is 4.00. The highest BCUT2D eigenvalue weighted by Crippen LogP contribution is 2.24. The van der Waals surface area contributed by atoms with Gasteiger partial charge in [-0.3, -0.25) is 9.69 Å². The molecule has 5 N–H and O–H groups in total. The van der Waals surface area contributed by atoms with E-state index in [4.69, 9.17) is 52.8 Å². The lowest BCUT2D eigenvalue weighted by atomic mass is 10.0. The molecule has 1 heterocycles. The van der Waals surface area contributed by atoms with Crippen LogP contribution in [-0.2, 0) is 27.3 Å². The van der Waals surface area contributed by atoms with Gasteiger partial charge in [0, 0.05) is 34.7 Å². The molecule has 0 aromatic heterocycles. The minimum Gasteiger partial charge on any atom is -0.491 e. The first-order valence-corrected chi connectivity index (χ1v) is 13.6. The molecule has 3 rings (SSSR count). The summed E-state index contributed by atoms with van der Waals surface area (Å²) in [7, 11) is 0. The Labute approximate surface area is 263 Å². The molecule has 0 saturated carbocycles. The van der Waals surface area contributed by atoms with Gasteiger partial charge in [0.15, 0.2) is 0 Å². The number of nitrogens with zero attached hydrogens (tertiary/aromatic N) is 1. The highest BCUT2D eigenvalue weighted by atomic mass is 35.5. The van der Waals surface area contributed by atoms with Crippen molar-refractivity contribution in [2.45, 2.75) is 50.3 Å². The lowest BCUT2D eigenvalue weighted by molar-refractivity contribution is -0.193. The van der Waals surface area contributed by atoms with Gasteiger partial charge in [-0.05, 0) is 61.8 Å². The van der Waals surface area contributed by atoms with Crippen LogP contribution in [0, 0.1) is 0 Å². The van der Waals surface area contributed by atoms with Crippen molar-refractivity contribution < 1.29 is 65.9 Å². The highest BCUT2D eigenvalue weighted by Gasteiger charge is 2.38. The second kappa shape index (κ2) is 18.6. The van der Waals surface area contributed by atoms with E-state index in [2.05, 4.69) is 22.3 Å². The maximum Gasteiger partial charge on any atom is 0.490 e. The number of carbonyl (C=O) groups is 3. The lowest BCUT2D eigenvalue weighted by Gasteiger charge is -2.33. The number of carboxylic acids is 3. The summed E-state index contributed by atoms with van der Waals surface area (Å²) in [4.78, 5) is 31.2. The summed E-state index contributed by atoms with van der Waals surface area (Å²) in [6.45, 7) is 3.41. The van der Waals surface area contributed by atoms with Crippen LogP contribution < -0.4 is 10.1 Å². The minimum atomic E-state index is -5.08. The Kier molecular flexibility index (Phi) is 16.4. The van der Waals surface area contributed by atoms with Crippen molar-refractivity contribution in [3.63, 3.8) is 0 Å². The van der Waals surface area contributed by atoms with Crippen LogP contribution in [0.1, 0.15) is 24.0 Å². The van der Waals surface area contributed by atoms with Crippen LogP contribution in [0.15, 0.2) is 42.5 Å². The molecule has 1 saturated heterocycles. The monoisotopic (exact) mass is 694 g/mol. The second-order valence-corrected chi connectivity index (χ2v) is 10.4. The number of benzene rings is 2. The molecule has 2 aromatic rings. The number of hydrogen-bond donors (Lipinski definition) is 5. The molecule has 0 spiro atoms. The minimum absolute atomic E-state index is 0.0800. The van der Waals surface area contributed by atoms with Gasteiger partial charge in [-0.1, -0.05) is 35.3 Å². The summed E-state index contributed by atoms with van der Waals surface area (Å²) >= 11 is 11.9. The Morgan fingerprint density at radius 2 is 1.38 bits per heavy atom. The zero-order chi connectivity index (χ0) is 34.4. The first kappa shape index (κ1) is 39.7. The molecule has 45 heavy (non-hydrogen) atoms. The predicted octanol–water partition coefficient (Wildman–Crippen LogP) is 4.88. The normalized spacial score (nSPS) is 14.7. The van der Waals surface area contributed by atoms with Gasteiger partial charge in [-0.15, -0.1) is 0 Å². The van der Waals surface area contributed by atoms with Crippen molar-refractivity contribution in [1.29, 1.82) is 0 Å². The number of rotatable bonds is 10. The summed E-state index contributed by atoms with van der Waals surface area (Å²) in [6, 6.07) is 13.2. The van der Waals surface area contributed by atoms with E-state index >= 15 is 0 Å². The van der Waals surface area contributed by atoms with E-state index in [1.165, 1.54) is 5.56 Å². The number of halogens is 8. The van der Waals surface area contributed by atoms with Crippen LogP contribution in [-0.4, -0.2) is 94.0 Å². The van der Waals surface area contributed by atoms with Crippen LogP contribution in [0.4, 0.5) is 26.3 Å². The van der Waals surface area contributed by atoms with Gasteiger partial charge in [0.1, 0.15) is 18.5 Å². The SMILES string of the molecule is O=C(O)C(F)(F)F.O=C(O)C(F)(F)F.O=C(O)Cc1cc(Cl)ccc1OC[C@@H](O)CNC1CCN(Cc2ccc(Cl)cc2)CC1. The Hall–Kier alpha value is -3.31. The van der Waals surface area contributed by atoms with Crippen LogP contribution in [0.2, 0.25) is 10.0 Å². The highest BCUT2D eigenvalue weighted by molar-refractivity contribution is 6.30. The van der Waals surface area contributed by atoms with Crippen molar-refractivity contribution in [2.75, 3.05) is 26.2 Å². The molecular weight excluding hydrogens is 665 g/mol. The molecule has 18 heteroatoms. The van der Waals surface area contributed by atoms with E-state index in [1.807, 2.05) is 12.1 Å². The molecule has 10 nitrogen and oxygen atoms in total. The number of aliphatic hydroxyl groups is 1. The topological polar surface area (TPSA) is 157 Å². The molecule has 1 atom stereocenters. The number of aliphatic carboxylic acids is 3. The number of likely N-dealkylation sites (tertiary alicyclic amines) is 1. The number of aliphatic hydroxyl groups excluding tert-OH is 1. The van der Waals surface area contributed by atoms with Crippen LogP contribution in [0.3, 0.4) is 0 Å². The van der Waals surface area contributed by atoms with E-state index in [-0.39, 0.29) is 13.0 Å². The summed E-state index contributed by atoms with van der Waals surface area (Å²) < 4.78 is 69.1. The summed E-state index contributed by atoms with van der Waals surface area (Å²) in [5.74, 6) is -6.04. The van der Waals surface area contributed by atoms with Gasteiger partial charge in [-0.25, -0.2) is 9.59 Å². The fraction of sp³-hybridized carbons (Fsp3) is 0.444. The third-order valence-corrected chi connectivity index (χ3v) is 6.32. The Balaban J connectivity index is 0.000000601. The maximum absolute atomic E-state index is 11.0. The van der Waals surface area contributed by atoms with Crippen LogP contribution in [0.5, 0.6) is 5.75 Å². The first-order chi connectivity index (χ1) is 20.8. The van der Waals surface area contributed by atoms with E-state index in [1.54, 1.807) is 18.2 Å². The second-order valence-electron chi connectivity index (χ2n) is 9.48. The first-order valence-electron chi connectivity index (χ1n) is 12.9. The molecule has 1 aliphatic heterocycles. The quantitative estimate of drug-likeness (QED) is 0.217. The van der Waals surface area contributed by atoms with E-state index in [0.29, 0.717) is 28.9 Å². The number of nitrogens with one attached hydrogen (secondary N) is 1. The largest absolute Gasteiger partial charge is 0.491 e. The third kappa shape index (κ3) is 17.1. The van der Waals surface area contributed by atoms with Gasteiger partial charge in [0.05, 0.1) is 6.42 Å². The van der Waals surface area contributed by atoms with Crippen molar-refractivity contribution >= 4 is 41.1 Å². The summed E-state index contributed by atoms with van der Waals surface area (Å²) in [6.07, 6.45) is -9.01. The molecule has 0 aliphatic carbocycles. The molecular formula is C27H30Cl2F6N2O8. The van der Waals surface area contributed by atoms with Gasteiger partial charge in [-0.2, -0.15) is 26.3 Å². The van der Waals surface area contributed by atoms with Gasteiger partial charge in [0.2, 0.25) is 0 Å². The van der Waals surface area contributed by atoms with E-state index in [9.17, 15) is 36.2 Å². The number of hydrogen-bond acceptors (Lipinski definition) is 7. The van der Waals surface area contributed by atoms with Gasteiger partial charge < -0.3 is 30.5 Å². The Morgan fingerprint density at radius 1 is 0.889 bits per heavy atom. The molecule has 0 amide bonds. The molecule has 0 unspecified atom stereocenters. The standard InChI is InChI=1S/C23H28Cl2N2O4.2C2HF3O2/c24-18-3-1-16(2-4-18)14-27-9-7-20(8-10-27)26-13-21(28)15-31-22-6-5-19(25)11-17(22)12-23(29)30;2*3-2(4,5)1(6)7/h1-6,11,20-21,26,28H,7-10,12-15H2,(H,29,30);2*(H,6,7)/t21-;;/m0../s1. The third-order valence-electron chi connectivity index (χ3n) is 5.83. The lowest BCUT2D eigenvalue weighted by Crippen LogP contribution is -2.45. The van der Waals surface area contributed by atoms with E-state index < -0.39 is 36.4 Å². The Bertz CT molecular complexity index is 1220. The van der Waals surface area contributed by atoms with Crippen LogP contribution >= 0.6 is 23.2 Å². The molecule has 2 aromatic carbocycles. The molecule has 1 aliphatic rings. The molecule has 1 fully saturated rings. The molecule has 252 valence electrons. The Morgan fingerprint density at radius 3 is 1.84 bits per heavy atom. The molecule has 0 bridgehead atoms. The van der Waals surface area contributed by atoms with Crippen LogP contribution in [0.25, 0.3) is 0 Å². The van der Waals surface area contributed by atoms with Crippen molar-refractivity contribution in [2.24, 2.45) is 0 Å². The maximum atomic E-state index is 11.0. The van der Waals surface area contributed by atoms with Crippen molar-refractivity contribution in [1.82, 2.24) is 10.2 Å². The average molecular weight is 695 g/mol. The number of piperidine rings is 1. The van der Waals surface area contributed by atoms with E-state index in [0.717, 1.165) is 37.5 Å². The van der Waals surface area contributed by atoms with Crippen molar-refractivity contribution in [3.8, 4) is 5.75 Å². The van der Waals surface area contributed by atoms with Gasteiger partial charge >= 0.3 is 30.3 Å². The summed E-state index contributed by atoms with van der Waals surface area (Å²) in [5.41, 5.74) is 1.75. The number of alkyl halides is 6. The zero-order valence-corrected chi connectivity index (χ0v) is 24.8. The van der Waals surface area contributed by atoms with Gasteiger partial charge in [0.25, 0.3) is 0 Å². The average Bonchev–Trinajstić information content (AvgIpc) is 2.93. The number of carboxylic acid groups (broad SMARTS) is 3. The number of ether oxygens (including phenoxy) is 1. The zero-order valence-electron chi connectivity index (χ0n) is 23.2. The molecule has 0 radical (unpaired) electrons. The predicted molar refractivity (Wildman–Crippen MR) is 149 cm³/mol. The van der Waals surface area contributed by atoms with Crippen molar-refractivity contribution in [3.05, 3.63) is 63.6 Å². The summed E-state index contributed by atoms with van der Waals surface area (Å²) in [5, 5.41) is 38.2. The smallest absolute Gasteiger partial charge is 0.490 e. The fourth-order valence-electron chi connectivity index (χ4n) is 3.68.